The molecule has 0 aliphatic heterocycles. The molecule has 3 heterocycles. The van der Waals surface area contributed by atoms with E-state index in [-0.39, 0.29) is 23.7 Å². The van der Waals surface area contributed by atoms with Crippen molar-refractivity contribution in [3.8, 4) is 11.3 Å². The molecule has 0 radical (unpaired) electrons. The maximum absolute atomic E-state index is 12.3. The second kappa shape index (κ2) is 6.45. The zero-order valence-corrected chi connectivity index (χ0v) is 14.5. The maximum atomic E-state index is 12.3. The first-order valence-electron chi connectivity index (χ1n) is 7.52. The monoisotopic (exact) mass is 342 g/mol. The van der Waals surface area contributed by atoms with Gasteiger partial charge in [-0.15, -0.1) is 11.3 Å². The van der Waals surface area contributed by atoms with Gasteiger partial charge in [0.2, 0.25) is 5.91 Å². The van der Waals surface area contributed by atoms with Crippen LogP contribution in [0.5, 0.6) is 0 Å². The molecule has 3 rings (SSSR count). The number of nitrogens with zero attached hydrogens (tertiary/aromatic N) is 2. The molecule has 3 aromatic heterocycles. The number of rotatable bonds is 4. The van der Waals surface area contributed by atoms with Crippen LogP contribution in [0.3, 0.4) is 0 Å². The second-order valence-electron chi connectivity index (χ2n) is 5.58. The lowest BCUT2D eigenvalue weighted by Crippen LogP contribution is -2.24. The number of hydrogen-bond donors (Lipinski definition) is 2. The summed E-state index contributed by atoms with van der Waals surface area (Å²) < 4.78 is 1.93. The van der Waals surface area contributed by atoms with Crippen molar-refractivity contribution in [2.45, 2.75) is 27.3 Å². The summed E-state index contributed by atoms with van der Waals surface area (Å²) in [6, 6.07) is 5.29. The average Bonchev–Trinajstić information content (AvgIpc) is 3.08. The number of aromatic amines is 1. The smallest absolute Gasteiger partial charge is 0.271 e. The second-order valence-corrected chi connectivity index (χ2v) is 6.65. The number of H-pyrrole nitrogens is 1. The summed E-state index contributed by atoms with van der Waals surface area (Å²) in [6.07, 6.45) is 1.53. The van der Waals surface area contributed by atoms with Gasteiger partial charge in [0, 0.05) is 28.5 Å². The van der Waals surface area contributed by atoms with E-state index in [0.29, 0.717) is 0 Å². The summed E-state index contributed by atoms with van der Waals surface area (Å²) >= 11 is 1.60. The van der Waals surface area contributed by atoms with E-state index in [9.17, 15) is 9.59 Å². The summed E-state index contributed by atoms with van der Waals surface area (Å²) in [4.78, 5) is 31.0. The highest BCUT2D eigenvalue weighted by Crippen LogP contribution is 2.27. The number of nitrogens with one attached hydrogen (secondary N) is 2. The van der Waals surface area contributed by atoms with Gasteiger partial charge in [0.05, 0.1) is 10.7 Å². The zero-order valence-electron chi connectivity index (χ0n) is 13.7. The van der Waals surface area contributed by atoms with Gasteiger partial charge < -0.3 is 14.9 Å². The molecule has 0 unspecified atom stereocenters. The molecular weight excluding hydrogens is 324 g/mol. The molecule has 0 saturated carbocycles. The Labute approximate surface area is 143 Å². The number of aryl methyl sites for hydroxylation is 2. The Kier molecular flexibility index (Phi) is 4.35. The normalized spacial score (nSPS) is 10.8. The molecule has 0 fully saturated rings. The third kappa shape index (κ3) is 3.16. The minimum Gasteiger partial charge on any atom is -0.339 e. The van der Waals surface area contributed by atoms with Crippen LogP contribution in [0.4, 0.5) is 5.69 Å². The number of pyridine rings is 1. The standard InChI is InChI=1S/C17H18N4O2S/c1-10-7-13(15-9-24-12(3)19-15)11(2)21(10)8-16(22)20-14-5-4-6-18-17(14)23/h4-7,9H,8H2,1-3H3,(H,18,23)(H,20,22). The predicted octanol–water partition coefficient (Wildman–Crippen LogP) is 2.86. The number of thiazole rings is 1. The maximum Gasteiger partial charge on any atom is 0.271 e. The largest absolute Gasteiger partial charge is 0.339 e. The Balaban J connectivity index is 1.83. The molecule has 6 nitrogen and oxygen atoms in total. The van der Waals surface area contributed by atoms with Crippen LogP contribution in [0, 0.1) is 20.8 Å². The van der Waals surface area contributed by atoms with Gasteiger partial charge in [-0.1, -0.05) is 0 Å². The molecule has 124 valence electrons. The van der Waals surface area contributed by atoms with Crippen LogP contribution in [-0.4, -0.2) is 20.4 Å². The fraction of sp³-hybridized carbons (Fsp3) is 0.235. The van der Waals surface area contributed by atoms with Crippen LogP contribution >= 0.6 is 11.3 Å². The van der Waals surface area contributed by atoms with Gasteiger partial charge in [0.25, 0.3) is 5.56 Å². The third-order valence-electron chi connectivity index (χ3n) is 3.86. The molecule has 0 spiro atoms. The first kappa shape index (κ1) is 16.2. The lowest BCUT2D eigenvalue weighted by atomic mass is 10.2. The van der Waals surface area contributed by atoms with Crippen molar-refractivity contribution in [2.24, 2.45) is 0 Å². The Morgan fingerprint density at radius 2 is 2.17 bits per heavy atom. The Morgan fingerprint density at radius 3 is 2.83 bits per heavy atom. The first-order valence-corrected chi connectivity index (χ1v) is 8.40. The fourth-order valence-electron chi connectivity index (χ4n) is 2.64. The van der Waals surface area contributed by atoms with E-state index >= 15 is 0 Å². The third-order valence-corrected chi connectivity index (χ3v) is 4.64. The van der Waals surface area contributed by atoms with Crippen LogP contribution < -0.4 is 10.9 Å². The fourth-order valence-corrected chi connectivity index (χ4v) is 3.26. The molecule has 0 atom stereocenters. The molecule has 24 heavy (non-hydrogen) atoms. The van der Waals surface area contributed by atoms with Crippen molar-refractivity contribution < 1.29 is 4.79 Å². The number of aromatic nitrogens is 3. The molecule has 0 aliphatic rings. The van der Waals surface area contributed by atoms with Gasteiger partial charge in [-0.3, -0.25) is 9.59 Å². The van der Waals surface area contributed by atoms with E-state index < -0.39 is 0 Å². The number of amides is 1. The van der Waals surface area contributed by atoms with E-state index in [1.165, 1.54) is 6.20 Å². The summed E-state index contributed by atoms with van der Waals surface area (Å²) in [6.45, 7) is 6.05. The Hall–Kier alpha value is -2.67. The quantitative estimate of drug-likeness (QED) is 0.765. The number of carbonyl (C=O) groups is 1. The molecule has 3 aromatic rings. The summed E-state index contributed by atoms with van der Waals surface area (Å²) in [5.41, 5.74) is 3.85. The highest BCUT2D eigenvalue weighted by atomic mass is 32.1. The highest BCUT2D eigenvalue weighted by Gasteiger charge is 2.15. The Bertz CT molecular complexity index is 952. The van der Waals surface area contributed by atoms with Gasteiger partial charge in [-0.2, -0.15) is 0 Å². The van der Waals surface area contributed by atoms with Crippen LogP contribution in [-0.2, 0) is 11.3 Å². The van der Waals surface area contributed by atoms with Crippen molar-refractivity contribution in [1.29, 1.82) is 0 Å². The van der Waals surface area contributed by atoms with E-state index in [2.05, 4.69) is 15.3 Å². The van der Waals surface area contributed by atoms with Crippen LogP contribution in [0.15, 0.2) is 34.6 Å². The lowest BCUT2D eigenvalue weighted by molar-refractivity contribution is -0.116. The minimum atomic E-state index is -0.314. The van der Waals surface area contributed by atoms with E-state index in [4.69, 9.17) is 0 Å². The van der Waals surface area contributed by atoms with Gasteiger partial charge >= 0.3 is 0 Å². The van der Waals surface area contributed by atoms with Crippen molar-refractivity contribution in [1.82, 2.24) is 14.5 Å². The summed E-state index contributed by atoms with van der Waals surface area (Å²) in [5.74, 6) is -0.241. The van der Waals surface area contributed by atoms with Crippen LogP contribution in [0.1, 0.15) is 16.4 Å². The molecule has 1 amide bonds. The van der Waals surface area contributed by atoms with Crippen LogP contribution in [0.2, 0.25) is 0 Å². The highest BCUT2D eigenvalue weighted by molar-refractivity contribution is 7.09. The van der Waals surface area contributed by atoms with E-state index in [1.807, 2.05) is 36.8 Å². The summed E-state index contributed by atoms with van der Waals surface area (Å²) in [7, 11) is 0. The van der Waals surface area contributed by atoms with Gasteiger partial charge in [-0.05, 0) is 39.0 Å². The number of anilines is 1. The number of hydrogen-bond acceptors (Lipinski definition) is 4. The molecule has 0 bridgehead atoms. The van der Waals surface area contributed by atoms with E-state index in [1.54, 1.807) is 23.5 Å². The van der Waals surface area contributed by atoms with Crippen LogP contribution in [0.25, 0.3) is 11.3 Å². The SMILES string of the molecule is Cc1nc(-c2cc(C)n(CC(=O)Nc3ccc[nH]c3=O)c2C)cs1. The van der Waals surface area contributed by atoms with Crippen molar-refractivity contribution in [2.75, 3.05) is 5.32 Å². The topological polar surface area (TPSA) is 79.8 Å². The molecule has 0 aromatic carbocycles. The summed E-state index contributed by atoms with van der Waals surface area (Å²) in [5, 5.41) is 5.68. The van der Waals surface area contributed by atoms with Gasteiger partial charge in [0.15, 0.2) is 0 Å². The molecule has 0 saturated heterocycles. The number of carbonyl (C=O) groups excluding carboxylic acids is 1. The average molecular weight is 342 g/mol. The zero-order chi connectivity index (χ0) is 17.3. The first-order chi connectivity index (χ1) is 11.5. The van der Waals surface area contributed by atoms with Crippen molar-refractivity contribution in [3.05, 3.63) is 56.5 Å². The van der Waals surface area contributed by atoms with Gasteiger partial charge in [0.1, 0.15) is 12.2 Å². The molecule has 2 N–H and O–H groups in total. The molecule has 0 aliphatic carbocycles. The minimum absolute atomic E-state index is 0.148. The lowest BCUT2D eigenvalue weighted by Gasteiger charge is -2.10. The predicted molar refractivity (Wildman–Crippen MR) is 95.4 cm³/mol. The van der Waals surface area contributed by atoms with E-state index in [0.717, 1.165) is 27.7 Å². The Morgan fingerprint density at radius 1 is 1.38 bits per heavy atom. The molecule has 7 heteroatoms. The van der Waals surface area contributed by atoms with Gasteiger partial charge in [-0.25, -0.2) is 4.98 Å². The molecular formula is C17H18N4O2S. The van der Waals surface area contributed by atoms with Crippen molar-refractivity contribution in [3.63, 3.8) is 0 Å². The van der Waals surface area contributed by atoms with Crippen molar-refractivity contribution >= 4 is 22.9 Å².